The second-order valence-electron chi connectivity index (χ2n) is 9.24. The van der Waals surface area contributed by atoms with Crippen LogP contribution in [0.4, 0.5) is 0 Å². The average molecular weight is 431 g/mol. The first-order chi connectivity index (χ1) is 14.3. The number of halogens is 1. The Hall–Kier alpha value is -1.89. The summed E-state index contributed by atoms with van der Waals surface area (Å²) in [6.07, 6.45) is 2.33. The van der Waals surface area contributed by atoms with Gasteiger partial charge in [0.15, 0.2) is 0 Å². The van der Waals surface area contributed by atoms with Gasteiger partial charge in [0, 0.05) is 30.6 Å². The summed E-state index contributed by atoms with van der Waals surface area (Å²) < 4.78 is 7.40. The van der Waals surface area contributed by atoms with Crippen LogP contribution in [0.5, 0.6) is 0 Å². The molecule has 0 radical (unpaired) electrons. The fraction of sp³-hybridized carbons (Fsp3) is 0.565. The fourth-order valence-corrected chi connectivity index (χ4v) is 4.09. The minimum Gasteiger partial charge on any atom is -0.379 e. The predicted octanol–water partition coefficient (Wildman–Crippen LogP) is 3.97. The van der Waals surface area contributed by atoms with Gasteiger partial charge in [-0.05, 0) is 57.4 Å². The van der Waals surface area contributed by atoms with Gasteiger partial charge >= 0.3 is 0 Å². The summed E-state index contributed by atoms with van der Waals surface area (Å²) in [5.74, 6) is 0.437. The van der Waals surface area contributed by atoms with Crippen molar-refractivity contribution in [2.24, 2.45) is 0 Å². The number of aromatic nitrogens is 2. The van der Waals surface area contributed by atoms with Crippen molar-refractivity contribution in [2.45, 2.75) is 51.1 Å². The molecule has 4 rings (SSSR count). The van der Waals surface area contributed by atoms with Crippen molar-refractivity contribution in [3.05, 3.63) is 52.3 Å². The Bertz CT molecular complexity index is 878. The van der Waals surface area contributed by atoms with E-state index in [0.717, 1.165) is 37.2 Å². The van der Waals surface area contributed by atoms with Gasteiger partial charge in [-0.15, -0.1) is 0 Å². The van der Waals surface area contributed by atoms with Crippen molar-refractivity contribution in [3.8, 4) is 0 Å². The first-order valence-electron chi connectivity index (χ1n) is 10.8. The SMILES string of the molecule is CC(C)(C)n1nc(C2CC2)cc1C(=O)NCC(c1ccc(Cl)cc1)N1CCOCC1. The third-order valence-corrected chi connectivity index (χ3v) is 6.04. The van der Waals surface area contributed by atoms with Crippen LogP contribution in [0, 0.1) is 0 Å². The van der Waals surface area contributed by atoms with Crippen LogP contribution in [0.15, 0.2) is 30.3 Å². The van der Waals surface area contributed by atoms with Crippen molar-refractivity contribution in [1.29, 1.82) is 0 Å². The number of hydrogen-bond acceptors (Lipinski definition) is 4. The zero-order chi connectivity index (χ0) is 21.3. The first-order valence-corrected chi connectivity index (χ1v) is 11.2. The van der Waals surface area contributed by atoms with E-state index in [2.05, 4.69) is 31.0 Å². The number of rotatable bonds is 6. The molecule has 2 aromatic rings. The van der Waals surface area contributed by atoms with Crippen molar-refractivity contribution < 1.29 is 9.53 Å². The van der Waals surface area contributed by atoms with Crippen LogP contribution < -0.4 is 5.32 Å². The summed E-state index contributed by atoms with van der Waals surface area (Å²) in [6, 6.07) is 9.94. The Morgan fingerprint density at radius 2 is 1.90 bits per heavy atom. The second-order valence-corrected chi connectivity index (χ2v) is 9.67. The van der Waals surface area contributed by atoms with Crippen molar-refractivity contribution >= 4 is 17.5 Å². The zero-order valence-electron chi connectivity index (χ0n) is 18.0. The normalized spacial score (nSPS) is 18.9. The molecule has 0 spiro atoms. The molecule has 2 fully saturated rings. The van der Waals surface area contributed by atoms with Crippen LogP contribution in [0.3, 0.4) is 0 Å². The van der Waals surface area contributed by atoms with E-state index in [0.29, 0.717) is 36.4 Å². The highest BCUT2D eigenvalue weighted by Gasteiger charge is 2.32. The van der Waals surface area contributed by atoms with Gasteiger partial charge in [0.05, 0.1) is 30.5 Å². The highest BCUT2D eigenvalue weighted by atomic mass is 35.5. The first kappa shape index (κ1) is 21.3. The smallest absolute Gasteiger partial charge is 0.269 e. The molecule has 2 aliphatic rings. The summed E-state index contributed by atoms with van der Waals surface area (Å²) in [5, 5.41) is 8.66. The molecule has 2 heterocycles. The molecule has 7 heteroatoms. The Labute approximate surface area is 183 Å². The quantitative estimate of drug-likeness (QED) is 0.753. The zero-order valence-corrected chi connectivity index (χ0v) is 18.8. The molecule has 1 atom stereocenters. The molecule has 1 saturated heterocycles. The van der Waals surface area contributed by atoms with Gasteiger partial charge in [-0.3, -0.25) is 14.4 Å². The number of benzene rings is 1. The number of amides is 1. The van der Waals surface area contributed by atoms with E-state index in [1.165, 1.54) is 0 Å². The molecule has 1 aliphatic heterocycles. The van der Waals surface area contributed by atoms with Crippen LogP contribution in [0.25, 0.3) is 0 Å². The molecular weight excluding hydrogens is 400 g/mol. The summed E-state index contributed by atoms with van der Waals surface area (Å²) in [7, 11) is 0. The van der Waals surface area contributed by atoms with Gasteiger partial charge in [-0.25, -0.2) is 0 Å². The second kappa shape index (κ2) is 8.69. The van der Waals surface area contributed by atoms with E-state index in [-0.39, 0.29) is 17.5 Å². The minimum atomic E-state index is -0.250. The average Bonchev–Trinajstić information content (AvgIpc) is 3.47. The topological polar surface area (TPSA) is 59.4 Å². The molecule has 1 amide bonds. The van der Waals surface area contributed by atoms with Gasteiger partial charge in [0.2, 0.25) is 0 Å². The molecule has 1 aromatic heterocycles. The highest BCUT2D eigenvalue weighted by molar-refractivity contribution is 6.30. The predicted molar refractivity (Wildman–Crippen MR) is 118 cm³/mol. The van der Waals surface area contributed by atoms with E-state index in [4.69, 9.17) is 21.4 Å². The van der Waals surface area contributed by atoms with Crippen molar-refractivity contribution in [3.63, 3.8) is 0 Å². The molecule has 6 nitrogen and oxygen atoms in total. The van der Waals surface area contributed by atoms with Crippen LogP contribution in [0.2, 0.25) is 5.02 Å². The summed E-state index contributed by atoms with van der Waals surface area (Å²) in [6.45, 7) is 9.87. The summed E-state index contributed by atoms with van der Waals surface area (Å²) in [5.41, 5.74) is 2.57. The van der Waals surface area contributed by atoms with Gasteiger partial charge in [0.25, 0.3) is 5.91 Å². The number of carbonyl (C=O) groups is 1. The lowest BCUT2D eigenvalue weighted by Crippen LogP contribution is -2.44. The number of morpholine rings is 1. The van der Waals surface area contributed by atoms with E-state index < -0.39 is 0 Å². The van der Waals surface area contributed by atoms with E-state index in [1.807, 2.05) is 35.0 Å². The molecule has 1 aliphatic carbocycles. The molecule has 162 valence electrons. The molecule has 0 bridgehead atoms. The lowest BCUT2D eigenvalue weighted by molar-refractivity contribution is 0.0162. The Kier molecular flexibility index (Phi) is 6.19. The Morgan fingerprint density at radius 1 is 1.23 bits per heavy atom. The van der Waals surface area contributed by atoms with Crippen LogP contribution in [-0.4, -0.2) is 53.4 Å². The largest absolute Gasteiger partial charge is 0.379 e. The van der Waals surface area contributed by atoms with Crippen LogP contribution in [0.1, 0.15) is 67.3 Å². The maximum atomic E-state index is 13.2. The minimum absolute atomic E-state index is 0.0726. The van der Waals surface area contributed by atoms with Crippen molar-refractivity contribution in [1.82, 2.24) is 20.0 Å². The van der Waals surface area contributed by atoms with E-state index in [1.54, 1.807) is 0 Å². The van der Waals surface area contributed by atoms with Crippen LogP contribution >= 0.6 is 11.6 Å². The molecule has 1 unspecified atom stereocenters. The van der Waals surface area contributed by atoms with Gasteiger partial charge < -0.3 is 10.1 Å². The number of ether oxygens (including phenoxy) is 1. The number of nitrogens with zero attached hydrogens (tertiary/aromatic N) is 3. The molecule has 1 saturated carbocycles. The lowest BCUT2D eigenvalue weighted by Gasteiger charge is -2.35. The summed E-state index contributed by atoms with van der Waals surface area (Å²) >= 11 is 6.09. The number of nitrogens with one attached hydrogen (secondary N) is 1. The highest BCUT2D eigenvalue weighted by Crippen LogP contribution is 2.40. The number of carbonyl (C=O) groups excluding carboxylic acids is 1. The maximum absolute atomic E-state index is 13.2. The molecule has 30 heavy (non-hydrogen) atoms. The van der Waals surface area contributed by atoms with E-state index >= 15 is 0 Å². The monoisotopic (exact) mass is 430 g/mol. The Morgan fingerprint density at radius 3 is 2.50 bits per heavy atom. The summed E-state index contributed by atoms with van der Waals surface area (Å²) in [4.78, 5) is 15.6. The van der Waals surface area contributed by atoms with Crippen molar-refractivity contribution in [2.75, 3.05) is 32.8 Å². The standard InChI is InChI=1S/C23H31ClN4O2/c1-23(2,3)28-20(14-19(26-28)16-4-5-16)22(29)25-15-21(27-10-12-30-13-11-27)17-6-8-18(24)9-7-17/h6-9,14,16,21H,4-5,10-13,15H2,1-3H3,(H,25,29). The Balaban J connectivity index is 1.53. The molecule has 1 N–H and O–H groups in total. The maximum Gasteiger partial charge on any atom is 0.269 e. The number of hydrogen-bond donors (Lipinski definition) is 1. The third kappa shape index (κ3) is 4.88. The molecular formula is C23H31ClN4O2. The third-order valence-electron chi connectivity index (χ3n) is 5.79. The van der Waals surface area contributed by atoms with Gasteiger partial charge in [-0.1, -0.05) is 23.7 Å². The molecule has 1 aromatic carbocycles. The van der Waals surface area contributed by atoms with Crippen LogP contribution in [-0.2, 0) is 10.3 Å². The fourth-order valence-electron chi connectivity index (χ4n) is 3.96. The van der Waals surface area contributed by atoms with Gasteiger partial charge in [-0.2, -0.15) is 5.10 Å². The van der Waals surface area contributed by atoms with Gasteiger partial charge in [0.1, 0.15) is 5.69 Å². The van der Waals surface area contributed by atoms with E-state index in [9.17, 15) is 4.79 Å². The lowest BCUT2D eigenvalue weighted by atomic mass is 10.0.